The molecule has 0 amide bonds. The first-order valence-electron chi connectivity index (χ1n) is 10.4. The molecule has 5 rings (SSSR count). The summed E-state index contributed by atoms with van der Waals surface area (Å²) < 4.78 is 53.7. The molecule has 1 aliphatic carbocycles. The maximum absolute atomic E-state index is 13.9. The summed E-state index contributed by atoms with van der Waals surface area (Å²) in [5.41, 5.74) is 0.409. The number of fused-ring (bicyclic) bond motifs is 2. The Morgan fingerprint density at radius 1 is 1.06 bits per heavy atom. The van der Waals surface area contributed by atoms with Gasteiger partial charge in [0, 0.05) is 10.4 Å². The second-order valence-electron chi connectivity index (χ2n) is 8.88. The molecule has 0 bridgehead atoms. The lowest BCUT2D eigenvalue weighted by molar-refractivity contribution is 0.0696. The maximum atomic E-state index is 13.9. The second kappa shape index (κ2) is 7.20. The first-order chi connectivity index (χ1) is 15.1. The van der Waals surface area contributed by atoms with E-state index in [0.717, 1.165) is 12.8 Å². The molecule has 2 aromatic rings. The van der Waals surface area contributed by atoms with E-state index in [4.69, 9.17) is 11.6 Å². The van der Waals surface area contributed by atoms with Gasteiger partial charge in [0.2, 0.25) is 0 Å². The van der Waals surface area contributed by atoms with Gasteiger partial charge in [-0.3, -0.25) is 4.31 Å². The van der Waals surface area contributed by atoms with E-state index in [1.54, 1.807) is 12.1 Å². The summed E-state index contributed by atoms with van der Waals surface area (Å²) in [5, 5.41) is 9.98. The van der Waals surface area contributed by atoms with Gasteiger partial charge in [0.15, 0.2) is 0 Å². The Labute approximate surface area is 192 Å². The summed E-state index contributed by atoms with van der Waals surface area (Å²) in [4.78, 5) is 11.8. The van der Waals surface area contributed by atoms with Crippen molar-refractivity contribution in [3.8, 4) is 0 Å². The number of sulfone groups is 1. The van der Waals surface area contributed by atoms with E-state index < -0.39 is 37.3 Å². The lowest BCUT2D eigenvalue weighted by Crippen LogP contribution is -2.52. The molecule has 2 heterocycles. The summed E-state index contributed by atoms with van der Waals surface area (Å²) in [6.07, 6.45) is 2.26. The molecule has 1 N–H and O–H groups in total. The molecule has 0 aromatic heterocycles. The zero-order valence-electron chi connectivity index (χ0n) is 17.1. The van der Waals surface area contributed by atoms with Crippen molar-refractivity contribution < 1.29 is 26.7 Å². The summed E-state index contributed by atoms with van der Waals surface area (Å²) >= 11 is 5.96. The van der Waals surface area contributed by atoms with E-state index in [-0.39, 0.29) is 40.7 Å². The van der Waals surface area contributed by atoms with Crippen LogP contribution in [0, 0.1) is 5.92 Å². The van der Waals surface area contributed by atoms with Gasteiger partial charge in [0.05, 0.1) is 33.7 Å². The number of sulfonamides is 1. The van der Waals surface area contributed by atoms with E-state index in [1.165, 1.54) is 34.6 Å². The van der Waals surface area contributed by atoms with E-state index in [9.17, 15) is 26.7 Å². The Hall–Kier alpha value is -2.10. The van der Waals surface area contributed by atoms with Crippen LogP contribution in [0.4, 0.5) is 5.69 Å². The topological polar surface area (TPSA) is 109 Å². The molecule has 1 saturated heterocycles. The second-order valence-corrected chi connectivity index (χ2v) is 13.4. The molecule has 170 valence electrons. The molecule has 2 fully saturated rings. The Balaban J connectivity index is 1.73. The van der Waals surface area contributed by atoms with Crippen molar-refractivity contribution in [1.82, 2.24) is 0 Å². The fourth-order valence-electron chi connectivity index (χ4n) is 5.31. The molecule has 1 saturated carbocycles. The van der Waals surface area contributed by atoms with Crippen LogP contribution in [0.2, 0.25) is 5.02 Å². The van der Waals surface area contributed by atoms with Crippen LogP contribution in [-0.4, -0.2) is 45.5 Å². The third-order valence-corrected chi connectivity index (χ3v) is 10.7. The summed E-state index contributed by atoms with van der Waals surface area (Å²) in [5.74, 6) is -1.09. The molecule has 1 spiro atoms. The molecule has 0 radical (unpaired) electrons. The van der Waals surface area contributed by atoms with Crippen LogP contribution in [0.3, 0.4) is 0 Å². The van der Waals surface area contributed by atoms with Gasteiger partial charge in [-0.2, -0.15) is 0 Å². The monoisotopic (exact) mass is 495 g/mol. The Bertz CT molecular complexity index is 1300. The van der Waals surface area contributed by atoms with Crippen molar-refractivity contribution >= 4 is 43.1 Å². The average molecular weight is 496 g/mol. The van der Waals surface area contributed by atoms with Gasteiger partial charge >= 0.3 is 5.97 Å². The van der Waals surface area contributed by atoms with E-state index >= 15 is 0 Å². The third kappa shape index (κ3) is 3.33. The highest BCUT2D eigenvalue weighted by molar-refractivity contribution is 7.93. The van der Waals surface area contributed by atoms with Gasteiger partial charge in [-0.25, -0.2) is 21.6 Å². The smallest absolute Gasteiger partial charge is 0.335 e. The summed E-state index contributed by atoms with van der Waals surface area (Å²) in [6.45, 7) is 0. The van der Waals surface area contributed by atoms with Crippen molar-refractivity contribution in [1.29, 1.82) is 0 Å². The van der Waals surface area contributed by atoms with Crippen LogP contribution in [0.25, 0.3) is 0 Å². The minimum Gasteiger partial charge on any atom is -0.478 e. The highest BCUT2D eigenvalue weighted by Gasteiger charge is 2.60. The van der Waals surface area contributed by atoms with Crippen molar-refractivity contribution in [3.05, 3.63) is 58.6 Å². The van der Waals surface area contributed by atoms with Crippen molar-refractivity contribution in [2.45, 2.75) is 42.0 Å². The van der Waals surface area contributed by atoms with Gasteiger partial charge in [-0.1, -0.05) is 11.6 Å². The predicted octanol–water partition coefficient (Wildman–Crippen LogP) is 3.47. The number of aromatic carboxylic acids is 1. The number of benzene rings is 2. The van der Waals surface area contributed by atoms with Crippen LogP contribution < -0.4 is 4.31 Å². The molecular formula is C22H22ClNO6S2. The molecule has 1 unspecified atom stereocenters. The maximum Gasteiger partial charge on any atom is 0.335 e. The zero-order valence-corrected chi connectivity index (χ0v) is 19.5. The number of rotatable bonds is 4. The van der Waals surface area contributed by atoms with Crippen molar-refractivity contribution in [3.63, 3.8) is 0 Å². The summed E-state index contributed by atoms with van der Waals surface area (Å²) in [7, 11) is -7.20. The Morgan fingerprint density at radius 3 is 2.25 bits per heavy atom. The Morgan fingerprint density at radius 2 is 1.69 bits per heavy atom. The van der Waals surface area contributed by atoms with Crippen LogP contribution >= 0.6 is 11.6 Å². The summed E-state index contributed by atoms with van der Waals surface area (Å²) in [6, 6.07) is 10.0. The number of carboxylic acids is 1. The van der Waals surface area contributed by atoms with E-state index in [2.05, 4.69) is 0 Å². The predicted molar refractivity (Wildman–Crippen MR) is 121 cm³/mol. The van der Waals surface area contributed by atoms with E-state index in [0.29, 0.717) is 16.3 Å². The van der Waals surface area contributed by atoms with Gasteiger partial charge in [0.1, 0.15) is 9.84 Å². The highest BCUT2D eigenvalue weighted by Crippen LogP contribution is 2.59. The molecule has 32 heavy (non-hydrogen) atoms. The number of carboxylic acid groups (broad SMARTS) is 1. The zero-order chi connectivity index (χ0) is 22.9. The molecule has 2 aliphatic heterocycles. The average Bonchev–Trinajstić information content (AvgIpc) is 3.53. The van der Waals surface area contributed by atoms with Gasteiger partial charge in [-0.05, 0) is 79.6 Å². The molecule has 1 atom stereocenters. The number of nitrogens with zero attached hydrogens (tertiary/aromatic N) is 1. The lowest BCUT2D eigenvalue weighted by Gasteiger charge is -2.41. The Kier molecular flexibility index (Phi) is 4.89. The normalized spacial score (nSPS) is 23.8. The molecular weight excluding hydrogens is 474 g/mol. The van der Waals surface area contributed by atoms with Crippen LogP contribution in [-0.2, 0) is 25.3 Å². The first-order valence-corrected chi connectivity index (χ1v) is 14.1. The van der Waals surface area contributed by atoms with Gasteiger partial charge in [-0.15, -0.1) is 0 Å². The minimum atomic E-state index is -3.98. The van der Waals surface area contributed by atoms with Crippen molar-refractivity contribution in [2.75, 3.05) is 15.8 Å². The van der Waals surface area contributed by atoms with Crippen LogP contribution in [0.15, 0.2) is 47.4 Å². The number of anilines is 1. The standard InChI is InChI=1S/C22H22ClNO6S2/c23-16-4-6-17(7-5-16)32(29,30)24-19-8-3-15(21(25)26)13-18(19)22(20(24)14-1-2-14)9-11-31(27,28)12-10-22/h3-8,13-14,20H,1-2,9-12H2,(H,25,26). The van der Waals surface area contributed by atoms with Gasteiger partial charge in [0.25, 0.3) is 10.0 Å². The number of hydrogen-bond acceptors (Lipinski definition) is 5. The highest BCUT2D eigenvalue weighted by atomic mass is 35.5. The molecule has 7 nitrogen and oxygen atoms in total. The number of hydrogen-bond donors (Lipinski definition) is 1. The quantitative estimate of drug-likeness (QED) is 0.695. The molecule has 10 heteroatoms. The third-order valence-electron chi connectivity index (χ3n) is 6.99. The molecule has 2 aromatic carbocycles. The van der Waals surface area contributed by atoms with Gasteiger partial charge < -0.3 is 5.11 Å². The minimum absolute atomic E-state index is 0.0399. The fraction of sp³-hybridized carbons (Fsp3) is 0.409. The van der Waals surface area contributed by atoms with Crippen LogP contribution in [0.5, 0.6) is 0 Å². The largest absolute Gasteiger partial charge is 0.478 e. The first kappa shape index (κ1) is 21.7. The number of carbonyl (C=O) groups is 1. The number of halogens is 1. The lowest BCUT2D eigenvalue weighted by atomic mass is 9.70. The van der Waals surface area contributed by atoms with Crippen molar-refractivity contribution in [2.24, 2.45) is 5.92 Å². The SMILES string of the molecule is O=C(O)c1ccc2c(c1)C1(CCS(=O)(=O)CC1)C(C1CC1)N2S(=O)(=O)c1ccc(Cl)cc1. The molecule has 3 aliphatic rings. The fourth-order valence-corrected chi connectivity index (χ4v) is 8.79. The van der Waals surface area contributed by atoms with E-state index in [1.807, 2.05) is 0 Å². The van der Waals surface area contributed by atoms with Crippen LogP contribution in [0.1, 0.15) is 41.6 Å².